The summed E-state index contributed by atoms with van der Waals surface area (Å²) in [6, 6.07) is 10.3. The van der Waals surface area contributed by atoms with Crippen LogP contribution in [0.3, 0.4) is 0 Å². The first kappa shape index (κ1) is 14.4. The van der Waals surface area contributed by atoms with Crippen molar-refractivity contribution in [2.24, 2.45) is 0 Å². The standard InChI is InChI=1S/C17H21N5O/c1-11-9-22(10-14(23-11)12-5-3-2-4-6-12)17-20-15(13-7-8-13)19-16(18)21-17/h2-6,11,13-14H,7-10H2,1H3,(H2,18,19,20,21)/t11-,14-/m1/s1. The molecule has 2 aliphatic rings. The summed E-state index contributed by atoms with van der Waals surface area (Å²) in [5.74, 6) is 2.29. The summed E-state index contributed by atoms with van der Waals surface area (Å²) in [7, 11) is 0. The molecule has 1 aliphatic heterocycles. The number of ether oxygens (including phenoxy) is 1. The molecule has 0 spiro atoms. The zero-order valence-corrected chi connectivity index (χ0v) is 13.2. The lowest BCUT2D eigenvalue weighted by molar-refractivity contribution is -0.0178. The number of rotatable bonds is 3. The summed E-state index contributed by atoms with van der Waals surface area (Å²) in [4.78, 5) is 15.5. The van der Waals surface area contributed by atoms with E-state index in [1.807, 2.05) is 18.2 Å². The van der Waals surface area contributed by atoms with Crippen molar-refractivity contribution in [3.63, 3.8) is 0 Å². The van der Waals surface area contributed by atoms with Crippen molar-refractivity contribution in [1.82, 2.24) is 15.0 Å². The molecule has 6 nitrogen and oxygen atoms in total. The van der Waals surface area contributed by atoms with Crippen molar-refractivity contribution in [3.05, 3.63) is 41.7 Å². The minimum absolute atomic E-state index is 0.0160. The predicted molar refractivity (Wildman–Crippen MR) is 88.2 cm³/mol. The van der Waals surface area contributed by atoms with E-state index < -0.39 is 0 Å². The molecule has 0 radical (unpaired) electrons. The normalized spacial score (nSPS) is 24.7. The summed E-state index contributed by atoms with van der Waals surface area (Å²) in [5, 5.41) is 0. The maximum absolute atomic E-state index is 6.10. The van der Waals surface area contributed by atoms with Gasteiger partial charge in [0.1, 0.15) is 11.9 Å². The monoisotopic (exact) mass is 311 g/mol. The van der Waals surface area contributed by atoms with E-state index in [0.717, 1.165) is 31.8 Å². The third-order valence-corrected chi connectivity index (χ3v) is 4.32. The maximum Gasteiger partial charge on any atom is 0.230 e. The largest absolute Gasteiger partial charge is 0.368 e. The lowest BCUT2D eigenvalue weighted by Crippen LogP contribution is -2.44. The minimum atomic E-state index is 0.0160. The number of hydrogen-bond donors (Lipinski definition) is 1. The SMILES string of the molecule is C[C@@H]1CN(c2nc(N)nc(C3CC3)n2)C[C@H](c2ccccc2)O1. The van der Waals surface area contributed by atoms with Crippen molar-refractivity contribution >= 4 is 11.9 Å². The van der Waals surface area contributed by atoms with E-state index in [4.69, 9.17) is 10.5 Å². The Bertz CT molecular complexity index is 689. The average molecular weight is 311 g/mol. The Morgan fingerprint density at radius 1 is 1.09 bits per heavy atom. The highest BCUT2D eigenvalue weighted by molar-refractivity contribution is 5.37. The van der Waals surface area contributed by atoms with Gasteiger partial charge in [0.2, 0.25) is 11.9 Å². The summed E-state index contributed by atoms with van der Waals surface area (Å²) < 4.78 is 6.10. The Balaban J connectivity index is 1.60. The Labute approximate surface area is 135 Å². The number of nitrogens with two attached hydrogens (primary N) is 1. The van der Waals surface area contributed by atoms with Gasteiger partial charge in [-0.2, -0.15) is 15.0 Å². The van der Waals surface area contributed by atoms with Gasteiger partial charge in [-0.1, -0.05) is 30.3 Å². The number of morpholine rings is 1. The first-order chi connectivity index (χ1) is 11.2. The molecule has 0 unspecified atom stereocenters. The van der Waals surface area contributed by atoms with Crippen molar-refractivity contribution in [2.45, 2.75) is 37.9 Å². The average Bonchev–Trinajstić information content (AvgIpc) is 3.39. The van der Waals surface area contributed by atoms with E-state index in [9.17, 15) is 0 Å². The number of anilines is 2. The van der Waals surface area contributed by atoms with Gasteiger partial charge < -0.3 is 15.4 Å². The van der Waals surface area contributed by atoms with Gasteiger partial charge in [0.25, 0.3) is 0 Å². The van der Waals surface area contributed by atoms with Crippen LogP contribution in [-0.4, -0.2) is 34.1 Å². The number of benzene rings is 1. The van der Waals surface area contributed by atoms with Crippen molar-refractivity contribution in [1.29, 1.82) is 0 Å². The highest BCUT2D eigenvalue weighted by atomic mass is 16.5. The van der Waals surface area contributed by atoms with Crippen molar-refractivity contribution in [3.8, 4) is 0 Å². The highest BCUT2D eigenvalue weighted by Gasteiger charge is 2.31. The van der Waals surface area contributed by atoms with Crippen LogP contribution in [0.25, 0.3) is 0 Å². The fourth-order valence-corrected chi connectivity index (χ4v) is 3.03. The predicted octanol–water partition coefficient (Wildman–Crippen LogP) is 2.30. The van der Waals surface area contributed by atoms with Crippen LogP contribution >= 0.6 is 0 Å². The first-order valence-electron chi connectivity index (χ1n) is 8.16. The third-order valence-electron chi connectivity index (χ3n) is 4.32. The molecule has 2 atom stereocenters. The Morgan fingerprint density at radius 2 is 1.87 bits per heavy atom. The van der Waals surface area contributed by atoms with Gasteiger partial charge in [0, 0.05) is 12.5 Å². The smallest absolute Gasteiger partial charge is 0.230 e. The second kappa shape index (κ2) is 5.77. The zero-order valence-electron chi connectivity index (χ0n) is 13.2. The van der Waals surface area contributed by atoms with Crippen LogP contribution in [0.15, 0.2) is 30.3 Å². The molecular weight excluding hydrogens is 290 g/mol. The van der Waals surface area contributed by atoms with Gasteiger partial charge in [-0.05, 0) is 25.3 Å². The molecule has 23 heavy (non-hydrogen) atoms. The van der Waals surface area contributed by atoms with Crippen LogP contribution in [0.1, 0.15) is 43.2 Å². The molecule has 0 amide bonds. The summed E-state index contributed by atoms with van der Waals surface area (Å²) in [5.41, 5.74) is 7.07. The van der Waals surface area contributed by atoms with E-state index >= 15 is 0 Å². The second-order valence-electron chi connectivity index (χ2n) is 6.38. The van der Waals surface area contributed by atoms with Gasteiger partial charge in [0.15, 0.2) is 0 Å². The third kappa shape index (κ3) is 3.12. The Kier molecular flexibility index (Phi) is 3.61. The van der Waals surface area contributed by atoms with Crippen LogP contribution in [-0.2, 0) is 4.74 Å². The first-order valence-corrected chi connectivity index (χ1v) is 8.16. The summed E-state index contributed by atoms with van der Waals surface area (Å²) in [6.07, 6.45) is 2.42. The molecule has 1 saturated carbocycles. The maximum atomic E-state index is 6.10. The van der Waals surface area contributed by atoms with E-state index in [-0.39, 0.29) is 12.2 Å². The Hall–Kier alpha value is -2.21. The molecular formula is C17H21N5O. The lowest BCUT2D eigenvalue weighted by Gasteiger charge is -2.37. The fourth-order valence-electron chi connectivity index (χ4n) is 3.03. The fraction of sp³-hybridized carbons (Fsp3) is 0.471. The van der Waals surface area contributed by atoms with Crippen LogP contribution < -0.4 is 10.6 Å². The van der Waals surface area contributed by atoms with Crippen LogP contribution in [0, 0.1) is 0 Å². The molecule has 2 aromatic rings. The molecule has 1 aliphatic carbocycles. The number of aromatic nitrogens is 3. The van der Waals surface area contributed by atoms with Crippen molar-refractivity contribution < 1.29 is 4.74 Å². The number of nitrogen functional groups attached to an aromatic ring is 1. The molecule has 4 rings (SSSR count). The van der Waals surface area contributed by atoms with Crippen molar-refractivity contribution in [2.75, 3.05) is 23.7 Å². The quantitative estimate of drug-likeness (QED) is 0.937. The van der Waals surface area contributed by atoms with E-state index in [1.165, 1.54) is 5.56 Å². The topological polar surface area (TPSA) is 77.2 Å². The van der Waals surface area contributed by atoms with E-state index in [0.29, 0.717) is 17.8 Å². The zero-order chi connectivity index (χ0) is 15.8. The van der Waals surface area contributed by atoms with Gasteiger partial charge in [-0.15, -0.1) is 0 Å². The molecule has 120 valence electrons. The van der Waals surface area contributed by atoms with Gasteiger partial charge in [0.05, 0.1) is 12.6 Å². The van der Waals surface area contributed by atoms with Gasteiger partial charge in [-0.3, -0.25) is 0 Å². The minimum Gasteiger partial charge on any atom is -0.368 e. The summed E-state index contributed by atoms with van der Waals surface area (Å²) >= 11 is 0. The molecule has 1 aromatic heterocycles. The van der Waals surface area contributed by atoms with Crippen LogP contribution in [0.2, 0.25) is 0 Å². The van der Waals surface area contributed by atoms with Crippen LogP contribution in [0.5, 0.6) is 0 Å². The molecule has 2 N–H and O–H groups in total. The molecule has 1 aromatic carbocycles. The number of hydrogen-bond acceptors (Lipinski definition) is 6. The molecule has 0 bridgehead atoms. The molecule has 6 heteroatoms. The molecule has 1 saturated heterocycles. The molecule has 2 fully saturated rings. The van der Waals surface area contributed by atoms with Gasteiger partial charge in [-0.25, -0.2) is 0 Å². The molecule has 2 heterocycles. The number of nitrogens with zero attached hydrogens (tertiary/aromatic N) is 4. The van der Waals surface area contributed by atoms with Gasteiger partial charge >= 0.3 is 0 Å². The Morgan fingerprint density at radius 3 is 2.61 bits per heavy atom. The second-order valence-corrected chi connectivity index (χ2v) is 6.38. The van der Waals surface area contributed by atoms with E-state index in [2.05, 4.69) is 38.9 Å². The highest BCUT2D eigenvalue weighted by Crippen LogP contribution is 2.38. The summed E-state index contributed by atoms with van der Waals surface area (Å²) in [6.45, 7) is 3.56. The lowest BCUT2D eigenvalue weighted by atomic mass is 10.1. The van der Waals surface area contributed by atoms with Crippen LogP contribution in [0.4, 0.5) is 11.9 Å². The van der Waals surface area contributed by atoms with E-state index in [1.54, 1.807) is 0 Å².